The van der Waals surface area contributed by atoms with Crippen LogP contribution in [0.1, 0.15) is 6.92 Å². The molecule has 56 valence electrons. The molecule has 0 aromatic carbocycles. The van der Waals surface area contributed by atoms with Crippen molar-refractivity contribution in [2.75, 3.05) is 13.2 Å². The zero-order chi connectivity index (χ0) is 7.70. The minimum atomic E-state index is -0.796. The van der Waals surface area contributed by atoms with E-state index >= 15 is 0 Å². The van der Waals surface area contributed by atoms with Crippen LogP contribution in [-0.4, -0.2) is 35.8 Å². The maximum absolute atomic E-state index is 9.25. The van der Waals surface area contributed by atoms with Crippen LogP contribution in [0.25, 0.3) is 0 Å². The van der Waals surface area contributed by atoms with Crippen LogP contribution in [0.4, 0.5) is 0 Å². The van der Waals surface area contributed by atoms with E-state index < -0.39 is 6.10 Å². The van der Waals surface area contributed by atoms with Gasteiger partial charge in [0.15, 0.2) is 0 Å². The Morgan fingerprint density at radius 1 is 1.78 bits per heavy atom. The van der Waals surface area contributed by atoms with E-state index in [0.717, 1.165) is 0 Å². The lowest BCUT2D eigenvalue weighted by atomic mass is 10.5. The number of aldehydes is 1. The zero-order valence-corrected chi connectivity index (χ0v) is 5.45. The fraction of sp³-hybridized carbons (Fsp3) is 0.800. The predicted octanol–water partition coefficient (Wildman–Crippen LogP) is -1.50. The number of rotatable bonds is 2. The molecule has 0 heterocycles. The molecule has 0 aromatic rings. The largest absolute Gasteiger partial charge is 0.395 e. The van der Waals surface area contributed by atoms with Crippen molar-refractivity contribution in [3.8, 4) is 0 Å². The van der Waals surface area contributed by atoms with E-state index in [9.17, 15) is 4.79 Å². The van der Waals surface area contributed by atoms with E-state index in [1.54, 1.807) is 0 Å². The molecule has 9 heavy (non-hydrogen) atoms. The molecule has 4 nitrogen and oxygen atoms in total. The van der Waals surface area contributed by atoms with E-state index in [1.807, 2.05) is 0 Å². The number of hydrogen-bond acceptors (Lipinski definition) is 4. The number of hydrogen-bond donors (Lipinski definition) is 3. The van der Waals surface area contributed by atoms with E-state index in [1.165, 1.54) is 6.92 Å². The van der Waals surface area contributed by atoms with Crippen LogP contribution in [0.15, 0.2) is 0 Å². The summed E-state index contributed by atoms with van der Waals surface area (Å²) in [6.45, 7) is 1.88. The molecule has 0 rings (SSSR count). The molecule has 0 saturated carbocycles. The van der Waals surface area contributed by atoms with Gasteiger partial charge >= 0.3 is 0 Å². The van der Waals surface area contributed by atoms with Crippen LogP contribution >= 0.6 is 0 Å². The first-order valence-corrected chi connectivity index (χ1v) is 2.63. The molecule has 0 aliphatic heterocycles. The van der Waals surface area contributed by atoms with Gasteiger partial charge in [-0.25, -0.2) is 0 Å². The van der Waals surface area contributed by atoms with Crippen molar-refractivity contribution in [2.45, 2.75) is 13.0 Å². The molecule has 0 aromatic heterocycles. The summed E-state index contributed by atoms with van der Waals surface area (Å²) in [6.07, 6.45) is -0.324. The van der Waals surface area contributed by atoms with Crippen LogP contribution < -0.4 is 5.73 Å². The lowest BCUT2D eigenvalue weighted by molar-refractivity contribution is -0.114. The summed E-state index contributed by atoms with van der Waals surface area (Å²) < 4.78 is 0. The molecular formula is C5H13NO3. The zero-order valence-electron chi connectivity index (χ0n) is 5.45. The molecule has 4 N–H and O–H groups in total. The summed E-state index contributed by atoms with van der Waals surface area (Å²) in [5.74, 6) is 0. The minimum absolute atomic E-state index is 0.0972. The van der Waals surface area contributed by atoms with E-state index in [0.29, 0.717) is 12.8 Å². The molecule has 4 heteroatoms. The van der Waals surface area contributed by atoms with Crippen molar-refractivity contribution in [3.05, 3.63) is 0 Å². The monoisotopic (exact) mass is 135 g/mol. The highest BCUT2D eigenvalue weighted by Gasteiger charge is 1.81. The van der Waals surface area contributed by atoms with E-state index in [4.69, 9.17) is 15.9 Å². The number of aliphatic hydroxyl groups is 2. The van der Waals surface area contributed by atoms with Crippen molar-refractivity contribution < 1.29 is 15.0 Å². The third-order valence-corrected chi connectivity index (χ3v) is 0.326. The van der Waals surface area contributed by atoms with Crippen LogP contribution in [0.3, 0.4) is 0 Å². The molecule has 0 aliphatic rings. The quantitative estimate of drug-likeness (QED) is 0.402. The van der Waals surface area contributed by atoms with Gasteiger partial charge < -0.3 is 20.7 Å². The smallest absolute Gasteiger partial charge is 0.148 e. The molecule has 0 spiro atoms. The Kier molecular flexibility index (Phi) is 13.3. The van der Waals surface area contributed by atoms with Gasteiger partial charge in [-0.15, -0.1) is 0 Å². The third kappa shape index (κ3) is 35.8. The van der Waals surface area contributed by atoms with Gasteiger partial charge in [0.2, 0.25) is 0 Å². The van der Waals surface area contributed by atoms with Crippen LogP contribution in [0.2, 0.25) is 0 Å². The summed E-state index contributed by atoms with van der Waals surface area (Å²) in [7, 11) is 0. The molecule has 1 atom stereocenters. The first-order valence-electron chi connectivity index (χ1n) is 2.63. The third-order valence-electron chi connectivity index (χ3n) is 0.326. The molecular weight excluding hydrogens is 122 g/mol. The van der Waals surface area contributed by atoms with Gasteiger partial charge in [0.25, 0.3) is 0 Å². The molecule has 1 unspecified atom stereocenters. The number of nitrogens with two attached hydrogens (primary N) is 1. The van der Waals surface area contributed by atoms with Gasteiger partial charge in [0.05, 0.1) is 6.61 Å². The average molecular weight is 135 g/mol. The van der Waals surface area contributed by atoms with E-state index in [2.05, 4.69) is 0 Å². The normalized spacial score (nSPS) is 11.1. The van der Waals surface area contributed by atoms with Gasteiger partial charge in [-0.3, -0.25) is 0 Å². The van der Waals surface area contributed by atoms with Gasteiger partial charge in [-0.1, -0.05) is 0 Å². The van der Waals surface area contributed by atoms with E-state index in [-0.39, 0.29) is 6.61 Å². The maximum atomic E-state index is 9.25. The van der Waals surface area contributed by atoms with Crippen LogP contribution in [0.5, 0.6) is 0 Å². The Bertz CT molecular complexity index is 54.2. The Morgan fingerprint density at radius 3 is 2.00 bits per heavy atom. The second-order valence-electron chi connectivity index (χ2n) is 1.39. The summed E-state index contributed by atoms with van der Waals surface area (Å²) >= 11 is 0. The summed E-state index contributed by atoms with van der Waals surface area (Å²) in [5.41, 5.74) is 4.78. The molecule has 0 radical (unpaired) electrons. The van der Waals surface area contributed by atoms with Crippen LogP contribution in [0, 0.1) is 0 Å². The summed E-state index contributed by atoms with van der Waals surface area (Å²) in [4.78, 5) is 9.25. The second kappa shape index (κ2) is 10.5. The molecule has 0 aliphatic carbocycles. The van der Waals surface area contributed by atoms with Gasteiger partial charge in [-0.05, 0) is 6.92 Å². The highest BCUT2D eigenvalue weighted by atomic mass is 16.3. The Balaban J connectivity index is 0. The average Bonchev–Trinajstić information content (AvgIpc) is 1.89. The first-order chi connectivity index (χ1) is 4.18. The fourth-order valence-corrected chi connectivity index (χ4v) is 0. The lowest BCUT2D eigenvalue weighted by Crippen LogP contribution is -2.02. The highest BCUT2D eigenvalue weighted by molar-refractivity contribution is 5.54. The van der Waals surface area contributed by atoms with Gasteiger partial charge in [0.1, 0.15) is 12.4 Å². The predicted molar refractivity (Wildman–Crippen MR) is 33.9 cm³/mol. The first kappa shape index (κ1) is 11.4. The van der Waals surface area contributed by atoms with Gasteiger partial charge in [-0.2, -0.15) is 0 Å². The van der Waals surface area contributed by atoms with Crippen molar-refractivity contribution >= 4 is 6.29 Å². The number of carbonyl (C=O) groups excluding carboxylic acids is 1. The van der Waals surface area contributed by atoms with Crippen LogP contribution in [-0.2, 0) is 4.79 Å². The lowest BCUT2D eigenvalue weighted by Gasteiger charge is -1.79. The Morgan fingerprint density at radius 2 is 2.00 bits per heavy atom. The minimum Gasteiger partial charge on any atom is -0.395 e. The van der Waals surface area contributed by atoms with Crippen molar-refractivity contribution in [2.24, 2.45) is 5.73 Å². The molecule has 0 fully saturated rings. The molecule has 0 saturated heterocycles. The van der Waals surface area contributed by atoms with Crippen molar-refractivity contribution in [1.29, 1.82) is 0 Å². The molecule has 0 bridgehead atoms. The Hall–Kier alpha value is -0.450. The van der Waals surface area contributed by atoms with Gasteiger partial charge in [0, 0.05) is 6.54 Å². The standard InChI is InChI=1S/C3H6O2.C2H7NO/c1-3(5)2-4;3-1-2-4/h2-3,5H,1H3;4H,1-3H2. The Labute approximate surface area is 54.3 Å². The second-order valence-corrected chi connectivity index (χ2v) is 1.39. The van der Waals surface area contributed by atoms with Crippen molar-refractivity contribution in [3.63, 3.8) is 0 Å². The fourth-order valence-electron chi connectivity index (χ4n) is 0. The molecule has 0 amide bonds. The highest BCUT2D eigenvalue weighted by Crippen LogP contribution is 1.62. The van der Waals surface area contributed by atoms with Crippen molar-refractivity contribution in [1.82, 2.24) is 0 Å². The summed E-state index contributed by atoms with van der Waals surface area (Å²) in [5, 5.41) is 15.7. The number of aliphatic hydroxyl groups excluding tert-OH is 2. The summed E-state index contributed by atoms with van der Waals surface area (Å²) in [6, 6.07) is 0. The topological polar surface area (TPSA) is 83.5 Å². The SMILES string of the molecule is CC(O)C=O.NCCO. The number of carbonyl (C=O) groups is 1. The maximum Gasteiger partial charge on any atom is 0.148 e.